The molecule has 2 heteroatoms. The monoisotopic (exact) mass is 622 g/mol. The molecule has 1 heterocycles. The number of nitrogens with zero attached hydrogens (tertiary/aromatic N) is 2. The summed E-state index contributed by atoms with van der Waals surface area (Å²) in [6, 6.07) is 59.0. The molecule has 0 spiro atoms. The first kappa shape index (κ1) is 27.7. The molecule has 1 aliphatic rings. The third-order valence-corrected chi connectivity index (χ3v) is 10.2. The highest BCUT2D eigenvalue weighted by Crippen LogP contribution is 2.42. The van der Waals surface area contributed by atoms with Gasteiger partial charge in [-0.3, -0.25) is 4.98 Å². The summed E-state index contributed by atoms with van der Waals surface area (Å²) in [4.78, 5) is 10.1. The van der Waals surface area contributed by atoms with Gasteiger partial charge >= 0.3 is 0 Å². The van der Waals surface area contributed by atoms with E-state index in [4.69, 9.17) is 9.97 Å². The zero-order chi connectivity index (χ0) is 32.3. The summed E-state index contributed by atoms with van der Waals surface area (Å²) in [5.41, 5.74) is 16.8. The summed E-state index contributed by atoms with van der Waals surface area (Å²) in [5, 5.41) is 4.68. The standard InChI is InChI=1S/C47H30N2/c1-2-12-38-36(9-1)28-44-37(17-8-18-39(38)44)32-23-19-30(20-24-32)34-10-7-11-35(27-34)31-21-25-33(26-22-31)45-29-48-46-42-15-5-3-13-40(42)41-14-4-6-16-43(41)47(46)49-45/h1-27,29H,28H2. The van der Waals surface area contributed by atoms with E-state index in [1.807, 2.05) is 6.20 Å². The Hall–Kier alpha value is -6.38. The van der Waals surface area contributed by atoms with E-state index in [1.165, 1.54) is 66.4 Å². The largest absolute Gasteiger partial charge is 0.252 e. The number of hydrogen-bond donors (Lipinski definition) is 0. The van der Waals surface area contributed by atoms with Gasteiger partial charge < -0.3 is 0 Å². The first-order valence-corrected chi connectivity index (χ1v) is 16.9. The van der Waals surface area contributed by atoms with Gasteiger partial charge in [-0.25, -0.2) is 4.98 Å². The normalized spacial score (nSPS) is 12.0. The third kappa shape index (κ3) is 4.57. The fourth-order valence-corrected chi connectivity index (χ4v) is 7.74. The average molecular weight is 623 g/mol. The Balaban J connectivity index is 0.949. The van der Waals surface area contributed by atoms with E-state index in [-0.39, 0.29) is 0 Å². The lowest BCUT2D eigenvalue weighted by Gasteiger charge is -2.11. The van der Waals surface area contributed by atoms with Crippen molar-refractivity contribution in [2.45, 2.75) is 6.42 Å². The molecule has 49 heavy (non-hydrogen) atoms. The summed E-state index contributed by atoms with van der Waals surface area (Å²) in [6.07, 6.45) is 2.90. The topological polar surface area (TPSA) is 25.8 Å². The SMILES string of the molecule is c1cc(-c2ccc(-c3cnc4c5ccccc5c5ccccc5c4n3)cc2)cc(-c2ccc(-c3cccc4c3Cc3ccccc3-4)cc2)c1. The van der Waals surface area contributed by atoms with E-state index in [1.54, 1.807) is 0 Å². The number of benzene rings is 8. The Bertz CT molecular complexity index is 2690. The number of fused-ring (bicyclic) bond motifs is 9. The number of hydrogen-bond acceptors (Lipinski definition) is 2. The maximum absolute atomic E-state index is 5.18. The van der Waals surface area contributed by atoms with Gasteiger partial charge in [-0.1, -0.05) is 158 Å². The molecule has 2 nitrogen and oxygen atoms in total. The van der Waals surface area contributed by atoms with Crippen LogP contribution >= 0.6 is 0 Å². The van der Waals surface area contributed by atoms with Gasteiger partial charge in [-0.15, -0.1) is 0 Å². The van der Waals surface area contributed by atoms with Crippen molar-refractivity contribution in [1.29, 1.82) is 0 Å². The van der Waals surface area contributed by atoms with Gasteiger partial charge in [0, 0.05) is 16.3 Å². The van der Waals surface area contributed by atoms with Crippen molar-refractivity contribution >= 4 is 32.6 Å². The first-order chi connectivity index (χ1) is 24.3. The second-order valence-corrected chi connectivity index (χ2v) is 12.9. The van der Waals surface area contributed by atoms with Gasteiger partial charge in [0.2, 0.25) is 0 Å². The second-order valence-electron chi connectivity index (χ2n) is 12.9. The second kappa shape index (κ2) is 11.1. The van der Waals surface area contributed by atoms with Crippen LogP contribution in [-0.2, 0) is 6.42 Å². The van der Waals surface area contributed by atoms with Gasteiger partial charge in [0.1, 0.15) is 0 Å². The van der Waals surface area contributed by atoms with Gasteiger partial charge in [0.05, 0.1) is 22.9 Å². The van der Waals surface area contributed by atoms with Crippen LogP contribution in [0.4, 0.5) is 0 Å². The van der Waals surface area contributed by atoms with Crippen LogP contribution in [0.1, 0.15) is 11.1 Å². The maximum atomic E-state index is 5.18. The molecule has 0 amide bonds. The van der Waals surface area contributed by atoms with Crippen LogP contribution in [0, 0.1) is 0 Å². The molecular weight excluding hydrogens is 593 g/mol. The highest BCUT2D eigenvalue weighted by Gasteiger charge is 2.21. The van der Waals surface area contributed by atoms with Gasteiger partial charge in [-0.05, 0) is 78.9 Å². The van der Waals surface area contributed by atoms with Gasteiger partial charge in [-0.2, -0.15) is 0 Å². The summed E-state index contributed by atoms with van der Waals surface area (Å²) in [6.45, 7) is 0. The van der Waals surface area contributed by atoms with Crippen LogP contribution in [0.3, 0.4) is 0 Å². The zero-order valence-corrected chi connectivity index (χ0v) is 26.8. The van der Waals surface area contributed by atoms with E-state index in [0.717, 1.165) is 39.5 Å². The van der Waals surface area contributed by atoms with Gasteiger partial charge in [0.15, 0.2) is 0 Å². The minimum absolute atomic E-state index is 0.876. The predicted octanol–water partition coefficient (Wildman–Crippen LogP) is 12.2. The van der Waals surface area contributed by atoms with Crippen LogP contribution < -0.4 is 0 Å². The fraction of sp³-hybridized carbons (Fsp3) is 0.0213. The molecule has 0 unspecified atom stereocenters. The van der Waals surface area contributed by atoms with Crippen LogP contribution in [0.25, 0.3) is 88.3 Å². The van der Waals surface area contributed by atoms with E-state index < -0.39 is 0 Å². The molecule has 1 aromatic heterocycles. The Morgan fingerprint density at radius 2 is 0.898 bits per heavy atom. The van der Waals surface area contributed by atoms with Crippen molar-refractivity contribution in [3.05, 3.63) is 181 Å². The highest BCUT2D eigenvalue weighted by atomic mass is 14.8. The number of rotatable bonds is 4. The average Bonchev–Trinajstić information content (AvgIpc) is 3.57. The first-order valence-electron chi connectivity index (χ1n) is 16.9. The molecule has 1 aliphatic carbocycles. The Labute approximate surface area is 285 Å². The van der Waals surface area contributed by atoms with Crippen LogP contribution in [0.5, 0.6) is 0 Å². The molecule has 8 aromatic carbocycles. The highest BCUT2D eigenvalue weighted by molar-refractivity contribution is 6.23. The molecule has 0 aliphatic heterocycles. The van der Waals surface area contributed by atoms with Crippen molar-refractivity contribution in [1.82, 2.24) is 9.97 Å². The Morgan fingerprint density at radius 3 is 1.61 bits per heavy atom. The zero-order valence-electron chi connectivity index (χ0n) is 26.8. The summed E-state index contributed by atoms with van der Waals surface area (Å²) < 4.78 is 0. The molecule has 9 aromatic rings. The third-order valence-electron chi connectivity index (χ3n) is 10.2. The molecule has 10 rings (SSSR count). The summed E-state index contributed by atoms with van der Waals surface area (Å²) in [5.74, 6) is 0. The van der Waals surface area contributed by atoms with Crippen molar-refractivity contribution < 1.29 is 0 Å². The van der Waals surface area contributed by atoms with E-state index in [0.29, 0.717) is 0 Å². The predicted molar refractivity (Wildman–Crippen MR) is 205 cm³/mol. The van der Waals surface area contributed by atoms with Crippen molar-refractivity contribution in [2.75, 3.05) is 0 Å². The maximum Gasteiger partial charge on any atom is 0.0979 e. The molecule has 228 valence electrons. The lowest BCUT2D eigenvalue weighted by molar-refractivity contribution is 1.26. The van der Waals surface area contributed by atoms with Crippen molar-refractivity contribution in [3.63, 3.8) is 0 Å². The summed E-state index contributed by atoms with van der Waals surface area (Å²) in [7, 11) is 0. The van der Waals surface area contributed by atoms with Crippen molar-refractivity contribution in [3.8, 4) is 55.8 Å². The van der Waals surface area contributed by atoms with Crippen LogP contribution in [-0.4, -0.2) is 9.97 Å². The minimum atomic E-state index is 0.876. The Kier molecular flexibility index (Phi) is 6.28. The minimum Gasteiger partial charge on any atom is -0.252 e. The van der Waals surface area contributed by atoms with Crippen molar-refractivity contribution in [2.24, 2.45) is 0 Å². The fourth-order valence-electron chi connectivity index (χ4n) is 7.74. The van der Waals surface area contributed by atoms with Crippen LogP contribution in [0.15, 0.2) is 170 Å². The summed E-state index contributed by atoms with van der Waals surface area (Å²) >= 11 is 0. The molecule has 0 fully saturated rings. The van der Waals surface area contributed by atoms with E-state index in [9.17, 15) is 0 Å². The van der Waals surface area contributed by atoms with E-state index in [2.05, 4.69) is 164 Å². The molecular formula is C47H30N2. The molecule has 0 N–H and O–H groups in total. The molecule has 0 bridgehead atoms. The molecule has 0 radical (unpaired) electrons. The lowest BCUT2D eigenvalue weighted by Crippen LogP contribution is -1.92. The van der Waals surface area contributed by atoms with E-state index >= 15 is 0 Å². The molecule has 0 saturated carbocycles. The number of aromatic nitrogens is 2. The smallest absolute Gasteiger partial charge is 0.0979 e. The van der Waals surface area contributed by atoms with Crippen LogP contribution in [0.2, 0.25) is 0 Å². The Morgan fingerprint density at radius 1 is 0.367 bits per heavy atom. The molecule has 0 saturated heterocycles. The van der Waals surface area contributed by atoms with Gasteiger partial charge in [0.25, 0.3) is 0 Å². The quantitative estimate of drug-likeness (QED) is 0.183. The molecule has 0 atom stereocenters. The lowest BCUT2D eigenvalue weighted by atomic mass is 9.93.